The number of hydrogen-bond acceptors (Lipinski definition) is 1. The van der Waals surface area contributed by atoms with E-state index in [1.54, 1.807) is 7.05 Å². The highest BCUT2D eigenvalue weighted by molar-refractivity contribution is 6.03. The third-order valence-electron chi connectivity index (χ3n) is 4.88. The zero-order chi connectivity index (χ0) is 19.8. The Bertz CT molecular complexity index is 920. The van der Waals surface area contributed by atoms with Gasteiger partial charge in [-0.2, -0.15) is 0 Å². The molecule has 0 spiro atoms. The molecule has 0 bridgehead atoms. The summed E-state index contributed by atoms with van der Waals surface area (Å²) in [6.07, 6.45) is 3.63. The molecule has 3 rings (SSSR count). The van der Waals surface area contributed by atoms with Crippen LogP contribution in [0.5, 0.6) is 0 Å². The Morgan fingerprint density at radius 3 is 2.00 bits per heavy atom. The lowest BCUT2D eigenvalue weighted by Crippen LogP contribution is -2.22. The van der Waals surface area contributed by atoms with Crippen LogP contribution in [-0.2, 0) is 6.42 Å². The minimum Gasteiger partial charge on any atom is -0.340 e. The van der Waals surface area contributed by atoms with Crippen molar-refractivity contribution >= 4 is 11.5 Å². The number of aryl methyl sites for hydroxylation is 1. The molecule has 0 saturated heterocycles. The second-order valence-corrected chi connectivity index (χ2v) is 6.92. The maximum Gasteiger partial charge on any atom is 0.132 e. The van der Waals surface area contributed by atoms with Crippen molar-refractivity contribution in [3.63, 3.8) is 0 Å². The molecule has 2 heteroatoms. The topological polar surface area (TPSA) is 24.4 Å². The minimum absolute atomic E-state index is 0.815. The Morgan fingerprint density at radius 2 is 1.43 bits per heavy atom. The first kappa shape index (κ1) is 19.6. The number of rotatable bonds is 7. The highest BCUT2D eigenvalue weighted by Gasteiger charge is 2.06. The lowest BCUT2D eigenvalue weighted by Gasteiger charge is -2.13. The lowest BCUT2D eigenvalue weighted by molar-refractivity contribution is 0.795. The van der Waals surface area contributed by atoms with E-state index < -0.39 is 0 Å². The fraction of sp³-hybridized carbons (Fsp3) is 0.192. The van der Waals surface area contributed by atoms with Gasteiger partial charge in [-0.1, -0.05) is 98.8 Å². The van der Waals surface area contributed by atoms with E-state index in [-0.39, 0.29) is 0 Å². The molecule has 0 aliphatic carbocycles. The molecule has 2 nitrogen and oxygen atoms in total. The van der Waals surface area contributed by atoms with Crippen LogP contribution in [0.25, 0.3) is 16.8 Å². The zero-order valence-corrected chi connectivity index (χ0v) is 16.8. The summed E-state index contributed by atoms with van der Waals surface area (Å²) >= 11 is 0. The smallest absolute Gasteiger partial charge is 0.132 e. The Kier molecular flexibility index (Phi) is 6.80. The SMILES string of the molecule is C=C(NC(=NC)c1ccc(-c2ccc(CCCC)cc2)cc1)c1ccccc1. The van der Waals surface area contributed by atoms with Crippen molar-refractivity contribution in [3.05, 3.63) is 102 Å². The minimum atomic E-state index is 0.815. The molecule has 0 unspecified atom stereocenters. The van der Waals surface area contributed by atoms with Gasteiger partial charge in [-0.15, -0.1) is 0 Å². The molecule has 0 saturated carbocycles. The Balaban J connectivity index is 1.71. The number of amidine groups is 1. The van der Waals surface area contributed by atoms with E-state index in [1.807, 2.05) is 30.3 Å². The van der Waals surface area contributed by atoms with Crippen molar-refractivity contribution in [2.75, 3.05) is 7.05 Å². The summed E-state index contributed by atoms with van der Waals surface area (Å²) < 4.78 is 0. The van der Waals surface area contributed by atoms with E-state index in [1.165, 1.54) is 29.5 Å². The van der Waals surface area contributed by atoms with E-state index in [0.717, 1.165) is 29.1 Å². The van der Waals surface area contributed by atoms with Gasteiger partial charge < -0.3 is 5.32 Å². The molecular formula is C26H28N2. The van der Waals surface area contributed by atoms with Gasteiger partial charge in [0.2, 0.25) is 0 Å². The maximum atomic E-state index is 4.41. The van der Waals surface area contributed by atoms with Gasteiger partial charge in [-0.3, -0.25) is 4.99 Å². The van der Waals surface area contributed by atoms with Crippen LogP contribution < -0.4 is 5.32 Å². The van der Waals surface area contributed by atoms with Crippen molar-refractivity contribution in [3.8, 4) is 11.1 Å². The maximum absolute atomic E-state index is 4.41. The predicted octanol–water partition coefficient (Wildman–Crippen LogP) is 6.33. The quantitative estimate of drug-likeness (QED) is 0.382. The van der Waals surface area contributed by atoms with Gasteiger partial charge in [0.05, 0.1) is 0 Å². The van der Waals surface area contributed by atoms with Gasteiger partial charge in [-0.05, 0) is 35.1 Å². The molecule has 0 heterocycles. The van der Waals surface area contributed by atoms with Gasteiger partial charge in [0.1, 0.15) is 5.84 Å². The van der Waals surface area contributed by atoms with Crippen LogP contribution in [-0.4, -0.2) is 12.9 Å². The van der Waals surface area contributed by atoms with Crippen LogP contribution in [0.2, 0.25) is 0 Å². The van der Waals surface area contributed by atoms with E-state index in [2.05, 4.69) is 72.3 Å². The number of nitrogens with zero attached hydrogens (tertiary/aromatic N) is 1. The number of benzene rings is 3. The Labute approximate surface area is 168 Å². The molecule has 0 aliphatic heterocycles. The summed E-state index contributed by atoms with van der Waals surface area (Å²) in [7, 11) is 1.80. The first-order chi connectivity index (χ1) is 13.7. The lowest BCUT2D eigenvalue weighted by atomic mass is 10.0. The zero-order valence-electron chi connectivity index (χ0n) is 16.8. The number of aliphatic imine (C=N–C) groups is 1. The van der Waals surface area contributed by atoms with Gasteiger partial charge in [0.25, 0.3) is 0 Å². The molecule has 28 heavy (non-hydrogen) atoms. The molecule has 3 aromatic carbocycles. The second kappa shape index (κ2) is 9.70. The standard InChI is InChI=1S/C26H28N2/c1-4-5-9-21-12-14-23(15-13-21)24-16-18-25(19-17-24)26(27-3)28-20(2)22-10-7-6-8-11-22/h6-8,10-19H,2,4-5,9H2,1,3H3,(H,27,28). The fourth-order valence-electron chi connectivity index (χ4n) is 3.18. The largest absolute Gasteiger partial charge is 0.340 e. The average molecular weight is 369 g/mol. The summed E-state index contributed by atoms with van der Waals surface area (Å²) in [4.78, 5) is 4.41. The fourth-order valence-corrected chi connectivity index (χ4v) is 3.18. The molecule has 3 aromatic rings. The molecule has 142 valence electrons. The van der Waals surface area contributed by atoms with Crippen molar-refractivity contribution in [2.45, 2.75) is 26.2 Å². The summed E-state index contributed by atoms with van der Waals surface area (Å²) in [5.41, 5.74) is 6.80. The molecular weight excluding hydrogens is 340 g/mol. The van der Waals surface area contributed by atoms with Crippen molar-refractivity contribution in [2.24, 2.45) is 4.99 Å². The van der Waals surface area contributed by atoms with Crippen LogP contribution in [0.1, 0.15) is 36.5 Å². The van der Waals surface area contributed by atoms with Crippen LogP contribution in [0.4, 0.5) is 0 Å². The highest BCUT2D eigenvalue weighted by Crippen LogP contribution is 2.21. The normalized spacial score (nSPS) is 11.3. The van der Waals surface area contributed by atoms with Crippen LogP contribution in [0.3, 0.4) is 0 Å². The van der Waals surface area contributed by atoms with E-state index in [4.69, 9.17) is 0 Å². The monoisotopic (exact) mass is 368 g/mol. The Hall–Kier alpha value is -3.13. The molecule has 0 fully saturated rings. The molecule has 0 aromatic heterocycles. The van der Waals surface area contributed by atoms with E-state index in [9.17, 15) is 0 Å². The number of unbranched alkanes of at least 4 members (excludes halogenated alkanes) is 1. The van der Waals surface area contributed by atoms with Crippen molar-refractivity contribution in [1.82, 2.24) is 5.32 Å². The summed E-state index contributed by atoms with van der Waals surface area (Å²) in [6.45, 7) is 6.37. The molecule has 0 atom stereocenters. The van der Waals surface area contributed by atoms with Gasteiger partial charge in [0.15, 0.2) is 0 Å². The average Bonchev–Trinajstić information content (AvgIpc) is 2.77. The molecule has 0 aliphatic rings. The molecule has 1 N–H and O–H groups in total. The summed E-state index contributed by atoms with van der Waals surface area (Å²) in [5.74, 6) is 0.815. The first-order valence-corrected chi connectivity index (χ1v) is 9.89. The molecule has 0 radical (unpaired) electrons. The van der Waals surface area contributed by atoms with Crippen LogP contribution >= 0.6 is 0 Å². The third kappa shape index (κ3) is 4.98. The van der Waals surface area contributed by atoms with Gasteiger partial charge in [0, 0.05) is 18.3 Å². The molecule has 0 amide bonds. The van der Waals surface area contributed by atoms with Crippen molar-refractivity contribution in [1.29, 1.82) is 0 Å². The predicted molar refractivity (Wildman–Crippen MR) is 122 cm³/mol. The van der Waals surface area contributed by atoms with Crippen LogP contribution in [0.15, 0.2) is 90.4 Å². The highest BCUT2D eigenvalue weighted by atomic mass is 15.0. The number of hydrogen-bond donors (Lipinski definition) is 1. The summed E-state index contributed by atoms with van der Waals surface area (Å²) in [5, 5.41) is 3.34. The number of nitrogens with one attached hydrogen (secondary N) is 1. The Morgan fingerprint density at radius 1 is 0.821 bits per heavy atom. The second-order valence-electron chi connectivity index (χ2n) is 6.92. The van der Waals surface area contributed by atoms with Gasteiger partial charge >= 0.3 is 0 Å². The van der Waals surface area contributed by atoms with E-state index in [0.29, 0.717) is 0 Å². The van der Waals surface area contributed by atoms with Gasteiger partial charge in [-0.25, -0.2) is 0 Å². The third-order valence-corrected chi connectivity index (χ3v) is 4.88. The first-order valence-electron chi connectivity index (χ1n) is 9.89. The summed E-state index contributed by atoms with van der Waals surface area (Å²) in [6, 6.07) is 27.5. The van der Waals surface area contributed by atoms with E-state index >= 15 is 0 Å². The van der Waals surface area contributed by atoms with Crippen molar-refractivity contribution < 1.29 is 0 Å². The van der Waals surface area contributed by atoms with Crippen LogP contribution in [0, 0.1) is 0 Å².